The highest BCUT2D eigenvalue weighted by Gasteiger charge is 2.34. The number of carbonyl (C=O) groups excluding carboxylic acids is 1. The highest BCUT2D eigenvalue weighted by molar-refractivity contribution is 7.89. The second-order valence-electron chi connectivity index (χ2n) is 9.15. The molecule has 3 aliphatic rings. The fourth-order valence-corrected chi connectivity index (χ4v) is 6.41. The number of nitrogens with one attached hydrogen (secondary N) is 1. The SMILES string of the molecule is Cc1ccc2c(c1)NC(=O)c1cc(S(=O)(=O)N3CCC(C)CC3)c(N3CCCC3)cc1O2. The quantitative estimate of drug-likeness (QED) is 0.743. The zero-order valence-electron chi connectivity index (χ0n) is 18.6. The van der Waals surface area contributed by atoms with Crippen molar-refractivity contribution in [1.82, 2.24) is 4.31 Å². The molecule has 0 spiro atoms. The van der Waals surface area contributed by atoms with E-state index in [9.17, 15) is 13.2 Å². The van der Waals surface area contributed by atoms with E-state index in [0.29, 0.717) is 41.9 Å². The minimum Gasteiger partial charge on any atom is -0.454 e. The van der Waals surface area contributed by atoms with Crippen LogP contribution in [0.1, 0.15) is 48.5 Å². The molecule has 2 saturated heterocycles. The summed E-state index contributed by atoms with van der Waals surface area (Å²) in [6, 6.07) is 8.87. The molecular formula is C24H29N3O4S. The molecule has 0 unspecified atom stereocenters. The number of aryl methyl sites for hydroxylation is 1. The Labute approximate surface area is 189 Å². The molecule has 1 N–H and O–H groups in total. The van der Waals surface area contributed by atoms with Crippen molar-refractivity contribution in [3.63, 3.8) is 0 Å². The van der Waals surface area contributed by atoms with Crippen LogP contribution in [0, 0.1) is 12.8 Å². The molecule has 2 aromatic rings. The van der Waals surface area contributed by atoms with Gasteiger partial charge in [0.05, 0.1) is 16.9 Å². The summed E-state index contributed by atoms with van der Waals surface area (Å²) in [5, 5.41) is 2.89. The average molecular weight is 456 g/mol. The summed E-state index contributed by atoms with van der Waals surface area (Å²) >= 11 is 0. The number of hydrogen-bond donors (Lipinski definition) is 1. The van der Waals surface area contributed by atoms with Crippen LogP contribution >= 0.6 is 0 Å². The van der Waals surface area contributed by atoms with E-state index in [4.69, 9.17) is 4.74 Å². The van der Waals surface area contributed by atoms with E-state index in [2.05, 4.69) is 17.1 Å². The first-order chi connectivity index (χ1) is 15.3. The van der Waals surface area contributed by atoms with Gasteiger partial charge in [0.15, 0.2) is 5.75 Å². The predicted molar refractivity (Wildman–Crippen MR) is 124 cm³/mol. The van der Waals surface area contributed by atoms with Crippen LogP contribution in [0.5, 0.6) is 11.5 Å². The van der Waals surface area contributed by atoms with E-state index >= 15 is 0 Å². The van der Waals surface area contributed by atoms with Crippen molar-refractivity contribution in [1.29, 1.82) is 0 Å². The highest BCUT2D eigenvalue weighted by atomic mass is 32.2. The number of ether oxygens (including phenoxy) is 1. The number of carbonyl (C=O) groups is 1. The third-order valence-corrected chi connectivity index (χ3v) is 8.64. The van der Waals surface area contributed by atoms with E-state index in [1.807, 2.05) is 25.1 Å². The molecule has 3 heterocycles. The van der Waals surface area contributed by atoms with Gasteiger partial charge >= 0.3 is 0 Å². The maximum absolute atomic E-state index is 13.7. The van der Waals surface area contributed by atoms with Crippen molar-refractivity contribution < 1.29 is 17.9 Å². The number of amides is 1. The predicted octanol–water partition coefficient (Wildman–Crippen LogP) is 4.37. The number of piperidine rings is 1. The van der Waals surface area contributed by atoms with Crippen molar-refractivity contribution in [3.05, 3.63) is 41.5 Å². The molecule has 7 nitrogen and oxygen atoms in total. The van der Waals surface area contributed by atoms with Crippen LogP contribution in [0.25, 0.3) is 0 Å². The monoisotopic (exact) mass is 455 g/mol. The Hall–Kier alpha value is -2.58. The molecular weight excluding hydrogens is 426 g/mol. The fraction of sp³-hybridized carbons (Fsp3) is 0.458. The molecule has 8 heteroatoms. The third-order valence-electron chi connectivity index (χ3n) is 6.72. The van der Waals surface area contributed by atoms with Crippen LogP contribution in [0.15, 0.2) is 35.2 Å². The number of fused-ring (bicyclic) bond motifs is 2. The maximum Gasteiger partial charge on any atom is 0.259 e. The molecule has 0 aliphatic carbocycles. The number of hydrogen-bond acceptors (Lipinski definition) is 5. The van der Waals surface area contributed by atoms with E-state index in [-0.39, 0.29) is 16.4 Å². The Balaban J connectivity index is 1.63. The summed E-state index contributed by atoms with van der Waals surface area (Å²) in [5.41, 5.74) is 2.45. The van der Waals surface area contributed by atoms with Crippen molar-refractivity contribution in [2.45, 2.75) is 44.4 Å². The number of benzene rings is 2. The van der Waals surface area contributed by atoms with Crippen LogP contribution in [-0.4, -0.2) is 44.8 Å². The molecule has 0 saturated carbocycles. The molecule has 3 aliphatic heterocycles. The fourth-order valence-electron chi connectivity index (χ4n) is 4.73. The minimum absolute atomic E-state index is 0.202. The van der Waals surface area contributed by atoms with Crippen molar-refractivity contribution >= 4 is 27.3 Å². The first kappa shape index (κ1) is 21.3. The first-order valence-electron chi connectivity index (χ1n) is 11.4. The maximum atomic E-state index is 13.7. The number of sulfonamides is 1. The lowest BCUT2D eigenvalue weighted by Crippen LogP contribution is -2.38. The normalized spacial score (nSPS) is 19.7. The van der Waals surface area contributed by atoms with Crippen LogP contribution < -0.4 is 15.0 Å². The smallest absolute Gasteiger partial charge is 0.259 e. The Morgan fingerprint density at radius 2 is 1.72 bits per heavy atom. The zero-order valence-corrected chi connectivity index (χ0v) is 19.4. The van der Waals surface area contributed by atoms with Gasteiger partial charge in [0.25, 0.3) is 5.91 Å². The molecule has 0 atom stereocenters. The molecule has 5 rings (SSSR count). The molecule has 0 bridgehead atoms. The van der Waals surface area contributed by atoms with Gasteiger partial charge in [0.1, 0.15) is 10.6 Å². The second-order valence-corrected chi connectivity index (χ2v) is 11.1. The second kappa shape index (κ2) is 8.08. The van der Waals surface area contributed by atoms with E-state index in [1.165, 1.54) is 6.07 Å². The van der Waals surface area contributed by atoms with Crippen molar-refractivity contribution in [3.8, 4) is 11.5 Å². The van der Waals surface area contributed by atoms with E-state index < -0.39 is 10.0 Å². The molecule has 170 valence electrons. The Morgan fingerprint density at radius 3 is 2.44 bits per heavy atom. The largest absolute Gasteiger partial charge is 0.454 e. The lowest BCUT2D eigenvalue weighted by Gasteiger charge is -2.31. The summed E-state index contributed by atoms with van der Waals surface area (Å²) < 4.78 is 35.2. The Morgan fingerprint density at radius 1 is 1.00 bits per heavy atom. The number of anilines is 2. The standard InChI is InChI=1S/C24H29N3O4S/c1-16-7-11-27(12-8-16)32(29,30)23-14-18-22(15-20(23)26-9-3-4-10-26)31-21-6-5-17(2)13-19(21)25-24(18)28/h5-6,13-16H,3-4,7-12H2,1-2H3,(H,25,28). The van der Waals surface area contributed by atoms with Crippen LogP contribution in [0.4, 0.5) is 11.4 Å². The molecule has 1 amide bonds. The Bertz CT molecular complexity index is 1160. The van der Waals surface area contributed by atoms with Gasteiger partial charge in [-0.1, -0.05) is 13.0 Å². The number of nitrogens with zero attached hydrogens (tertiary/aromatic N) is 2. The van der Waals surface area contributed by atoms with Crippen molar-refractivity contribution in [2.24, 2.45) is 5.92 Å². The van der Waals surface area contributed by atoms with Gasteiger partial charge in [-0.2, -0.15) is 4.31 Å². The Kier molecular flexibility index (Phi) is 5.37. The number of rotatable bonds is 3. The summed E-state index contributed by atoms with van der Waals surface area (Å²) in [6.45, 7) is 6.70. The van der Waals surface area contributed by atoms with Gasteiger partial charge in [-0.3, -0.25) is 4.79 Å². The average Bonchev–Trinajstić information content (AvgIpc) is 3.26. The van der Waals surface area contributed by atoms with Gasteiger partial charge in [0.2, 0.25) is 10.0 Å². The molecule has 2 aromatic carbocycles. The minimum atomic E-state index is -3.74. The summed E-state index contributed by atoms with van der Waals surface area (Å²) in [4.78, 5) is 15.4. The first-order valence-corrected chi connectivity index (χ1v) is 12.8. The summed E-state index contributed by atoms with van der Waals surface area (Å²) in [6.07, 6.45) is 3.73. The van der Waals surface area contributed by atoms with Gasteiger partial charge < -0.3 is 15.0 Å². The summed E-state index contributed by atoms with van der Waals surface area (Å²) in [7, 11) is -3.74. The van der Waals surface area contributed by atoms with Crippen molar-refractivity contribution in [2.75, 3.05) is 36.4 Å². The van der Waals surface area contributed by atoms with E-state index in [1.54, 1.807) is 10.4 Å². The lowest BCUT2D eigenvalue weighted by atomic mass is 10.0. The molecule has 0 radical (unpaired) electrons. The zero-order chi connectivity index (χ0) is 22.5. The molecule has 2 fully saturated rings. The topological polar surface area (TPSA) is 79.0 Å². The van der Waals surface area contributed by atoms with Gasteiger partial charge in [-0.25, -0.2) is 8.42 Å². The molecule has 0 aromatic heterocycles. The van der Waals surface area contributed by atoms with E-state index in [0.717, 1.165) is 44.3 Å². The van der Waals surface area contributed by atoms with Crippen LogP contribution in [0.3, 0.4) is 0 Å². The third kappa shape index (κ3) is 3.75. The summed E-state index contributed by atoms with van der Waals surface area (Å²) in [5.74, 6) is 1.10. The highest BCUT2D eigenvalue weighted by Crippen LogP contribution is 2.42. The lowest BCUT2D eigenvalue weighted by molar-refractivity contribution is 0.102. The van der Waals surface area contributed by atoms with Crippen LogP contribution in [-0.2, 0) is 10.0 Å². The van der Waals surface area contributed by atoms with Gasteiger partial charge in [-0.15, -0.1) is 0 Å². The molecule has 32 heavy (non-hydrogen) atoms. The van der Waals surface area contributed by atoms with Gasteiger partial charge in [0, 0.05) is 32.2 Å². The van der Waals surface area contributed by atoms with Crippen LogP contribution in [0.2, 0.25) is 0 Å². The van der Waals surface area contributed by atoms with Gasteiger partial charge in [-0.05, 0) is 62.3 Å².